The van der Waals surface area contributed by atoms with Gasteiger partial charge in [-0.2, -0.15) is 4.31 Å². The number of rotatable bonds is 7. The summed E-state index contributed by atoms with van der Waals surface area (Å²) in [6.07, 6.45) is 0. The van der Waals surface area contributed by atoms with Crippen LogP contribution < -0.4 is 0 Å². The maximum absolute atomic E-state index is 12.6. The van der Waals surface area contributed by atoms with Crippen LogP contribution in [0, 0.1) is 5.92 Å². The third-order valence-corrected chi connectivity index (χ3v) is 4.71. The van der Waals surface area contributed by atoms with Gasteiger partial charge in [0.05, 0.1) is 11.5 Å². The van der Waals surface area contributed by atoms with Crippen LogP contribution >= 0.6 is 11.6 Å². The van der Waals surface area contributed by atoms with Crippen LogP contribution in [0.5, 0.6) is 0 Å². The van der Waals surface area contributed by atoms with Crippen LogP contribution in [0.15, 0.2) is 29.2 Å². The first-order valence-electron chi connectivity index (χ1n) is 6.68. The molecule has 0 N–H and O–H groups in total. The molecule has 0 spiro atoms. The lowest BCUT2D eigenvalue weighted by atomic mass is 10.2. The lowest BCUT2D eigenvalue weighted by Gasteiger charge is -2.23. The molecule has 0 saturated carbocycles. The summed E-state index contributed by atoms with van der Waals surface area (Å²) in [4.78, 5) is 11.7. The summed E-state index contributed by atoms with van der Waals surface area (Å²) in [6.45, 7) is 5.61. The summed E-state index contributed by atoms with van der Waals surface area (Å²) in [5.74, 6) is -0.475. The van der Waals surface area contributed by atoms with Gasteiger partial charge in [0.15, 0.2) is 0 Å². The Kier molecular flexibility index (Phi) is 6.64. The van der Waals surface area contributed by atoms with Gasteiger partial charge in [0.1, 0.15) is 6.54 Å². The van der Waals surface area contributed by atoms with Crippen molar-refractivity contribution < 1.29 is 17.9 Å². The molecule has 0 bridgehead atoms. The van der Waals surface area contributed by atoms with Gasteiger partial charge >= 0.3 is 5.97 Å². The monoisotopic (exact) mass is 333 g/mol. The summed E-state index contributed by atoms with van der Waals surface area (Å²) in [6, 6.07) is 5.87. The Hall–Kier alpha value is -1.11. The number of hydrogen-bond acceptors (Lipinski definition) is 4. The van der Waals surface area contributed by atoms with Gasteiger partial charge < -0.3 is 4.74 Å². The largest absolute Gasteiger partial charge is 0.465 e. The molecule has 1 aromatic rings. The number of carbonyl (C=O) groups excluding carboxylic acids is 1. The van der Waals surface area contributed by atoms with Gasteiger partial charge in [-0.05, 0) is 37.1 Å². The van der Waals surface area contributed by atoms with Crippen molar-refractivity contribution in [2.45, 2.75) is 25.7 Å². The van der Waals surface area contributed by atoms with Crippen molar-refractivity contribution in [1.29, 1.82) is 0 Å². The predicted octanol–water partition coefficient (Wildman–Crippen LogP) is 2.55. The van der Waals surface area contributed by atoms with Crippen LogP contribution in [-0.4, -0.2) is 38.4 Å². The number of ether oxygens (including phenoxy) is 1. The normalized spacial score (nSPS) is 11.9. The highest BCUT2D eigenvalue weighted by molar-refractivity contribution is 7.89. The minimum atomic E-state index is -3.75. The van der Waals surface area contributed by atoms with Gasteiger partial charge in [-0.3, -0.25) is 4.79 Å². The average Bonchev–Trinajstić information content (AvgIpc) is 2.38. The molecule has 0 aromatic heterocycles. The van der Waals surface area contributed by atoms with Crippen molar-refractivity contribution in [3.05, 3.63) is 29.3 Å². The number of sulfonamides is 1. The molecule has 7 heteroatoms. The predicted molar refractivity (Wildman–Crippen MR) is 81.7 cm³/mol. The zero-order valence-electron chi connectivity index (χ0n) is 12.4. The second kappa shape index (κ2) is 7.77. The number of nitrogens with zero attached hydrogens (tertiary/aromatic N) is 1. The van der Waals surface area contributed by atoms with Gasteiger partial charge in [-0.25, -0.2) is 8.42 Å². The molecule has 1 aromatic carbocycles. The van der Waals surface area contributed by atoms with E-state index in [-0.39, 0.29) is 30.5 Å². The van der Waals surface area contributed by atoms with E-state index in [0.29, 0.717) is 5.02 Å². The summed E-state index contributed by atoms with van der Waals surface area (Å²) < 4.78 is 31.2. The van der Waals surface area contributed by atoms with Crippen molar-refractivity contribution in [2.24, 2.45) is 5.92 Å². The van der Waals surface area contributed by atoms with Crippen molar-refractivity contribution >= 4 is 27.6 Å². The molecule has 0 heterocycles. The number of hydrogen-bond donors (Lipinski definition) is 0. The van der Waals surface area contributed by atoms with E-state index in [1.807, 2.05) is 13.8 Å². The molecule has 0 aliphatic rings. The second-order valence-corrected chi connectivity index (χ2v) is 7.32. The van der Waals surface area contributed by atoms with Gasteiger partial charge in [0.25, 0.3) is 0 Å². The van der Waals surface area contributed by atoms with E-state index in [2.05, 4.69) is 0 Å². The molecule has 0 radical (unpaired) electrons. The minimum absolute atomic E-state index is 0.0847. The molecule has 0 atom stereocenters. The van der Waals surface area contributed by atoms with Crippen LogP contribution in [0.4, 0.5) is 0 Å². The van der Waals surface area contributed by atoms with Gasteiger partial charge in [-0.15, -0.1) is 0 Å². The van der Waals surface area contributed by atoms with Crippen LogP contribution in [0.2, 0.25) is 5.02 Å². The van der Waals surface area contributed by atoms with Gasteiger partial charge in [-0.1, -0.05) is 25.4 Å². The van der Waals surface area contributed by atoms with Gasteiger partial charge in [0.2, 0.25) is 10.0 Å². The Morgan fingerprint density at radius 3 is 2.33 bits per heavy atom. The molecular weight excluding hydrogens is 314 g/mol. The Morgan fingerprint density at radius 1 is 1.29 bits per heavy atom. The third-order valence-electron chi connectivity index (χ3n) is 2.63. The van der Waals surface area contributed by atoms with Crippen LogP contribution in [0.1, 0.15) is 20.8 Å². The third kappa shape index (κ3) is 5.30. The zero-order valence-corrected chi connectivity index (χ0v) is 13.9. The Balaban J connectivity index is 3.05. The van der Waals surface area contributed by atoms with E-state index in [1.165, 1.54) is 24.3 Å². The molecule has 21 heavy (non-hydrogen) atoms. The first kappa shape index (κ1) is 17.9. The SMILES string of the molecule is CCOC(=O)CN(CC(C)C)S(=O)(=O)c1ccc(Cl)cc1. The zero-order chi connectivity index (χ0) is 16.0. The molecule has 1 rings (SSSR count). The van der Waals surface area contributed by atoms with Crippen LogP contribution in [-0.2, 0) is 19.6 Å². The van der Waals surface area contributed by atoms with Crippen molar-refractivity contribution in [1.82, 2.24) is 4.31 Å². The lowest BCUT2D eigenvalue weighted by molar-refractivity contribution is -0.143. The highest BCUT2D eigenvalue weighted by Gasteiger charge is 2.27. The smallest absolute Gasteiger partial charge is 0.321 e. The van der Waals surface area contributed by atoms with Crippen LogP contribution in [0.3, 0.4) is 0 Å². The number of halogens is 1. The summed E-state index contributed by atoms with van der Waals surface area (Å²) >= 11 is 5.77. The van der Waals surface area contributed by atoms with Crippen molar-refractivity contribution in [2.75, 3.05) is 19.7 Å². The standard InChI is InChI=1S/C14H20ClNO4S/c1-4-20-14(17)10-16(9-11(2)3)21(18,19)13-7-5-12(15)6-8-13/h5-8,11H,4,9-10H2,1-3H3. The second-order valence-electron chi connectivity index (χ2n) is 4.95. The fourth-order valence-corrected chi connectivity index (χ4v) is 3.44. The Bertz CT molecular complexity index is 569. The van der Waals surface area contributed by atoms with E-state index < -0.39 is 16.0 Å². The molecule has 0 aliphatic heterocycles. The fourth-order valence-electron chi connectivity index (χ4n) is 1.76. The maximum atomic E-state index is 12.6. The molecular formula is C14H20ClNO4S. The maximum Gasteiger partial charge on any atom is 0.321 e. The summed E-state index contributed by atoms with van der Waals surface area (Å²) in [5, 5.41) is 0.453. The number of esters is 1. The lowest BCUT2D eigenvalue weighted by Crippen LogP contribution is -2.38. The van der Waals surface area contributed by atoms with E-state index in [4.69, 9.17) is 16.3 Å². The highest BCUT2D eigenvalue weighted by atomic mass is 35.5. The highest BCUT2D eigenvalue weighted by Crippen LogP contribution is 2.19. The van der Waals surface area contributed by atoms with Crippen LogP contribution in [0.25, 0.3) is 0 Å². The molecule has 118 valence electrons. The minimum Gasteiger partial charge on any atom is -0.465 e. The quantitative estimate of drug-likeness (QED) is 0.719. The fraction of sp³-hybridized carbons (Fsp3) is 0.500. The molecule has 0 unspecified atom stereocenters. The Labute approximate surface area is 130 Å². The van der Waals surface area contributed by atoms with E-state index >= 15 is 0 Å². The average molecular weight is 334 g/mol. The van der Waals surface area contributed by atoms with Crippen molar-refractivity contribution in [3.8, 4) is 0 Å². The summed E-state index contributed by atoms with van der Waals surface area (Å²) in [7, 11) is -3.75. The molecule has 5 nitrogen and oxygen atoms in total. The molecule has 0 aliphatic carbocycles. The molecule has 0 saturated heterocycles. The van der Waals surface area contributed by atoms with E-state index in [1.54, 1.807) is 6.92 Å². The van der Waals surface area contributed by atoms with Gasteiger partial charge in [0, 0.05) is 11.6 Å². The topological polar surface area (TPSA) is 63.7 Å². The first-order valence-corrected chi connectivity index (χ1v) is 8.50. The molecule has 0 amide bonds. The number of carbonyl (C=O) groups is 1. The number of benzene rings is 1. The van der Waals surface area contributed by atoms with E-state index in [0.717, 1.165) is 4.31 Å². The molecule has 0 fully saturated rings. The summed E-state index contributed by atoms with van der Waals surface area (Å²) in [5.41, 5.74) is 0. The van der Waals surface area contributed by atoms with Crippen molar-refractivity contribution in [3.63, 3.8) is 0 Å². The first-order chi connectivity index (χ1) is 9.77. The van der Waals surface area contributed by atoms with E-state index in [9.17, 15) is 13.2 Å². The Morgan fingerprint density at radius 2 is 1.86 bits per heavy atom.